The average molecular weight is 255 g/mol. The third kappa shape index (κ3) is 4.92. The SMILES string of the molecule is C[C@@H](O)CN1CCN(CC(=O)NCC2CC2)CC1. The van der Waals surface area contributed by atoms with E-state index in [2.05, 4.69) is 15.1 Å². The van der Waals surface area contributed by atoms with E-state index < -0.39 is 0 Å². The number of rotatable bonds is 6. The predicted molar refractivity (Wildman–Crippen MR) is 70.3 cm³/mol. The molecule has 2 aliphatic rings. The van der Waals surface area contributed by atoms with Crippen molar-refractivity contribution < 1.29 is 9.90 Å². The molecule has 5 heteroatoms. The Hall–Kier alpha value is -0.650. The second-order valence-corrected chi connectivity index (χ2v) is 5.67. The van der Waals surface area contributed by atoms with Gasteiger partial charge < -0.3 is 10.4 Å². The third-order valence-corrected chi connectivity index (χ3v) is 3.64. The van der Waals surface area contributed by atoms with Gasteiger partial charge in [0.1, 0.15) is 0 Å². The van der Waals surface area contributed by atoms with Crippen LogP contribution in [0.25, 0.3) is 0 Å². The van der Waals surface area contributed by atoms with Gasteiger partial charge in [0.2, 0.25) is 5.91 Å². The molecule has 0 aromatic carbocycles. The molecule has 0 bridgehead atoms. The molecule has 1 heterocycles. The zero-order valence-electron chi connectivity index (χ0n) is 11.3. The van der Waals surface area contributed by atoms with Gasteiger partial charge in [-0.05, 0) is 25.7 Å². The maximum absolute atomic E-state index is 11.7. The number of hydrogen-bond acceptors (Lipinski definition) is 4. The molecular weight excluding hydrogens is 230 g/mol. The van der Waals surface area contributed by atoms with Crippen molar-refractivity contribution in [3.8, 4) is 0 Å². The number of carbonyl (C=O) groups is 1. The molecule has 1 saturated heterocycles. The number of aliphatic hydroxyl groups is 1. The van der Waals surface area contributed by atoms with Crippen LogP contribution in [0.15, 0.2) is 0 Å². The summed E-state index contributed by atoms with van der Waals surface area (Å²) in [5, 5.41) is 12.3. The zero-order valence-corrected chi connectivity index (χ0v) is 11.3. The summed E-state index contributed by atoms with van der Waals surface area (Å²) >= 11 is 0. The number of hydrogen-bond donors (Lipinski definition) is 2. The zero-order chi connectivity index (χ0) is 13.0. The molecule has 1 amide bonds. The molecule has 2 rings (SSSR count). The van der Waals surface area contributed by atoms with E-state index in [1.807, 2.05) is 6.92 Å². The van der Waals surface area contributed by atoms with E-state index in [4.69, 9.17) is 0 Å². The first-order valence-corrected chi connectivity index (χ1v) is 7.03. The van der Waals surface area contributed by atoms with Gasteiger partial charge in [-0.15, -0.1) is 0 Å². The van der Waals surface area contributed by atoms with Gasteiger partial charge in [0, 0.05) is 39.3 Å². The summed E-state index contributed by atoms with van der Waals surface area (Å²) in [6.07, 6.45) is 2.29. The van der Waals surface area contributed by atoms with Crippen molar-refractivity contribution >= 4 is 5.91 Å². The van der Waals surface area contributed by atoms with Crippen molar-refractivity contribution in [2.24, 2.45) is 5.92 Å². The molecule has 0 aromatic heterocycles. The van der Waals surface area contributed by atoms with E-state index >= 15 is 0 Å². The van der Waals surface area contributed by atoms with Gasteiger partial charge in [0.25, 0.3) is 0 Å². The number of aliphatic hydroxyl groups excluding tert-OH is 1. The quantitative estimate of drug-likeness (QED) is 0.672. The Bertz CT molecular complexity index is 271. The topological polar surface area (TPSA) is 55.8 Å². The van der Waals surface area contributed by atoms with Crippen LogP contribution in [0.5, 0.6) is 0 Å². The standard InChI is InChI=1S/C13H25N3O2/c1-11(17)9-15-4-6-16(7-5-15)10-13(18)14-8-12-2-3-12/h11-12,17H,2-10H2,1H3,(H,14,18)/t11-/m1/s1. The van der Waals surface area contributed by atoms with Gasteiger partial charge in [-0.25, -0.2) is 0 Å². The summed E-state index contributed by atoms with van der Waals surface area (Å²) < 4.78 is 0. The molecule has 0 radical (unpaired) electrons. The Balaban J connectivity index is 1.58. The minimum absolute atomic E-state index is 0.158. The number of β-amino-alcohol motifs (C(OH)–C–C–N with tert-alkyl or cyclic N) is 1. The molecule has 5 nitrogen and oxygen atoms in total. The Morgan fingerprint density at radius 3 is 2.44 bits per heavy atom. The summed E-state index contributed by atoms with van der Waals surface area (Å²) in [5.41, 5.74) is 0. The van der Waals surface area contributed by atoms with Crippen LogP contribution in [0.4, 0.5) is 0 Å². The van der Waals surface area contributed by atoms with Crippen LogP contribution in [-0.2, 0) is 4.79 Å². The van der Waals surface area contributed by atoms with E-state index in [1.54, 1.807) is 0 Å². The van der Waals surface area contributed by atoms with Gasteiger partial charge in [0.15, 0.2) is 0 Å². The number of carbonyl (C=O) groups excluding carboxylic acids is 1. The highest BCUT2D eigenvalue weighted by molar-refractivity contribution is 5.78. The number of nitrogens with zero attached hydrogens (tertiary/aromatic N) is 2. The minimum Gasteiger partial charge on any atom is -0.392 e. The first-order chi connectivity index (χ1) is 8.63. The average Bonchev–Trinajstić information content (AvgIpc) is 3.12. The second kappa shape index (κ2) is 6.50. The lowest BCUT2D eigenvalue weighted by Gasteiger charge is -2.34. The molecule has 18 heavy (non-hydrogen) atoms. The molecule has 0 spiro atoms. The van der Waals surface area contributed by atoms with E-state index in [1.165, 1.54) is 12.8 Å². The Morgan fingerprint density at radius 1 is 1.28 bits per heavy atom. The first kappa shape index (κ1) is 13.8. The fourth-order valence-electron chi connectivity index (χ4n) is 2.34. The summed E-state index contributed by atoms with van der Waals surface area (Å²) in [7, 11) is 0. The molecule has 1 saturated carbocycles. The molecular formula is C13H25N3O2. The fourth-order valence-corrected chi connectivity index (χ4v) is 2.34. The van der Waals surface area contributed by atoms with Crippen LogP contribution in [0.3, 0.4) is 0 Å². The van der Waals surface area contributed by atoms with Gasteiger partial charge in [-0.3, -0.25) is 14.6 Å². The molecule has 0 aromatic rings. The molecule has 1 atom stereocenters. The normalized spacial score (nSPS) is 23.9. The van der Waals surface area contributed by atoms with Gasteiger partial charge in [0.05, 0.1) is 12.6 Å². The van der Waals surface area contributed by atoms with E-state index in [9.17, 15) is 9.90 Å². The van der Waals surface area contributed by atoms with Gasteiger partial charge in [-0.2, -0.15) is 0 Å². The molecule has 104 valence electrons. The molecule has 0 unspecified atom stereocenters. The molecule has 1 aliphatic carbocycles. The van der Waals surface area contributed by atoms with Crippen LogP contribution < -0.4 is 5.32 Å². The fraction of sp³-hybridized carbons (Fsp3) is 0.923. The van der Waals surface area contributed by atoms with Crippen LogP contribution in [0, 0.1) is 5.92 Å². The number of amides is 1. The van der Waals surface area contributed by atoms with Crippen LogP contribution in [-0.4, -0.2) is 72.7 Å². The Labute approximate surface area is 109 Å². The summed E-state index contributed by atoms with van der Waals surface area (Å²) in [4.78, 5) is 16.1. The lowest BCUT2D eigenvalue weighted by atomic mass is 10.2. The maximum atomic E-state index is 11.7. The summed E-state index contributed by atoms with van der Waals surface area (Å²) in [5.74, 6) is 0.905. The Kier molecular flexibility index (Phi) is 4.97. The van der Waals surface area contributed by atoms with E-state index in [-0.39, 0.29) is 12.0 Å². The number of nitrogens with one attached hydrogen (secondary N) is 1. The molecule has 2 N–H and O–H groups in total. The van der Waals surface area contributed by atoms with Crippen LogP contribution in [0.1, 0.15) is 19.8 Å². The second-order valence-electron chi connectivity index (χ2n) is 5.67. The van der Waals surface area contributed by atoms with Crippen molar-refractivity contribution in [1.29, 1.82) is 0 Å². The summed E-state index contributed by atoms with van der Waals surface area (Å²) in [6, 6.07) is 0. The maximum Gasteiger partial charge on any atom is 0.234 e. The molecule has 1 aliphatic heterocycles. The van der Waals surface area contributed by atoms with Crippen molar-refractivity contribution in [3.63, 3.8) is 0 Å². The summed E-state index contributed by atoms with van der Waals surface area (Å²) in [6.45, 7) is 7.67. The highest BCUT2D eigenvalue weighted by Gasteiger charge is 2.23. The van der Waals surface area contributed by atoms with Crippen molar-refractivity contribution in [1.82, 2.24) is 15.1 Å². The number of piperazine rings is 1. The predicted octanol–water partition coefficient (Wildman–Crippen LogP) is -0.489. The highest BCUT2D eigenvalue weighted by Crippen LogP contribution is 2.27. The largest absolute Gasteiger partial charge is 0.392 e. The molecule has 2 fully saturated rings. The van der Waals surface area contributed by atoms with Crippen LogP contribution >= 0.6 is 0 Å². The van der Waals surface area contributed by atoms with E-state index in [0.29, 0.717) is 6.54 Å². The lowest BCUT2D eigenvalue weighted by molar-refractivity contribution is -0.122. The van der Waals surface area contributed by atoms with Gasteiger partial charge >= 0.3 is 0 Å². The highest BCUT2D eigenvalue weighted by atomic mass is 16.3. The smallest absolute Gasteiger partial charge is 0.234 e. The van der Waals surface area contributed by atoms with Crippen molar-refractivity contribution in [3.05, 3.63) is 0 Å². The van der Waals surface area contributed by atoms with Gasteiger partial charge in [-0.1, -0.05) is 0 Å². The minimum atomic E-state index is -0.265. The van der Waals surface area contributed by atoms with E-state index in [0.717, 1.165) is 45.2 Å². The van der Waals surface area contributed by atoms with Crippen molar-refractivity contribution in [2.45, 2.75) is 25.9 Å². The lowest BCUT2D eigenvalue weighted by Crippen LogP contribution is -2.50. The van der Waals surface area contributed by atoms with Crippen LogP contribution in [0.2, 0.25) is 0 Å². The Morgan fingerprint density at radius 2 is 1.89 bits per heavy atom. The monoisotopic (exact) mass is 255 g/mol. The third-order valence-electron chi connectivity index (χ3n) is 3.64. The first-order valence-electron chi connectivity index (χ1n) is 7.03. The van der Waals surface area contributed by atoms with Crippen molar-refractivity contribution in [2.75, 3.05) is 45.8 Å².